The minimum Gasteiger partial charge on any atom is -0.393 e. The van der Waals surface area contributed by atoms with Gasteiger partial charge in [-0.15, -0.1) is 22.7 Å². The Morgan fingerprint density at radius 2 is 1.88 bits per heavy atom. The van der Waals surface area contributed by atoms with Crippen LogP contribution in [0.5, 0.6) is 0 Å². The molecule has 136 valence electrons. The molecule has 2 nitrogen and oxygen atoms in total. The van der Waals surface area contributed by atoms with Gasteiger partial charge in [-0.25, -0.2) is 0 Å². The monoisotopic (exact) mass is 375 g/mol. The van der Waals surface area contributed by atoms with Crippen molar-refractivity contribution in [3.05, 3.63) is 49.9 Å². The highest BCUT2D eigenvalue weighted by atomic mass is 32.1. The highest BCUT2D eigenvalue weighted by Gasteiger charge is 2.23. The number of aliphatic hydroxyl groups is 1. The molecule has 3 heterocycles. The Hall–Kier alpha value is -0.940. The second-order valence-electron chi connectivity index (χ2n) is 7.22. The third kappa shape index (κ3) is 4.62. The van der Waals surface area contributed by atoms with E-state index in [1.807, 2.05) is 29.6 Å². The Morgan fingerprint density at radius 3 is 2.40 bits per heavy atom. The molecule has 1 aliphatic rings. The summed E-state index contributed by atoms with van der Waals surface area (Å²) in [5.41, 5.74) is 4.15. The molecule has 0 aromatic carbocycles. The van der Waals surface area contributed by atoms with Crippen LogP contribution in [0.3, 0.4) is 0 Å². The molecule has 1 saturated heterocycles. The minimum absolute atomic E-state index is 0.184. The van der Waals surface area contributed by atoms with E-state index in [-0.39, 0.29) is 6.10 Å². The van der Waals surface area contributed by atoms with Gasteiger partial charge in [-0.3, -0.25) is 0 Å². The SMILES string of the molecule is Cc1ccsc1C(=CCCN1CCC[C@@H](C(C)O)C1)c1sccc1C. The van der Waals surface area contributed by atoms with Crippen LogP contribution in [0.25, 0.3) is 5.57 Å². The van der Waals surface area contributed by atoms with Crippen LogP contribution < -0.4 is 0 Å². The Morgan fingerprint density at radius 1 is 1.24 bits per heavy atom. The number of aryl methyl sites for hydroxylation is 2. The van der Waals surface area contributed by atoms with Crippen LogP contribution in [-0.4, -0.2) is 35.7 Å². The maximum atomic E-state index is 9.88. The predicted molar refractivity (Wildman–Crippen MR) is 111 cm³/mol. The second-order valence-corrected chi connectivity index (χ2v) is 9.05. The molecule has 0 spiro atoms. The smallest absolute Gasteiger partial charge is 0.0552 e. The number of rotatable bonds is 6. The molecular weight excluding hydrogens is 346 g/mol. The first-order chi connectivity index (χ1) is 12.1. The predicted octanol–water partition coefficient (Wildman–Crippen LogP) is 5.34. The highest BCUT2D eigenvalue weighted by Crippen LogP contribution is 2.35. The fourth-order valence-corrected chi connectivity index (χ4v) is 5.68. The van der Waals surface area contributed by atoms with E-state index in [1.165, 1.54) is 39.4 Å². The zero-order chi connectivity index (χ0) is 17.8. The van der Waals surface area contributed by atoms with Crippen LogP contribution in [0.15, 0.2) is 29.0 Å². The molecular formula is C21H29NOS2. The zero-order valence-electron chi connectivity index (χ0n) is 15.5. The van der Waals surface area contributed by atoms with Crippen molar-refractivity contribution in [2.24, 2.45) is 5.92 Å². The number of hydrogen-bond donors (Lipinski definition) is 1. The third-order valence-electron chi connectivity index (χ3n) is 5.23. The summed E-state index contributed by atoms with van der Waals surface area (Å²) in [4.78, 5) is 5.34. The van der Waals surface area contributed by atoms with Crippen molar-refractivity contribution in [3.63, 3.8) is 0 Å². The fourth-order valence-electron chi connectivity index (χ4n) is 3.67. The highest BCUT2D eigenvalue weighted by molar-refractivity contribution is 7.14. The van der Waals surface area contributed by atoms with Gasteiger partial charge in [-0.05, 0) is 86.5 Å². The number of aliphatic hydroxyl groups excluding tert-OH is 1. The van der Waals surface area contributed by atoms with Crippen LogP contribution in [0, 0.1) is 19.8 Å². The lowest BCUT2D eigenvalue weighted by molar-refractivity contribution is 0.0636. The molecule has 0 aliphatic carbocycles. The van der Waals surface area contributed by atoms with Crippen LogP contribution in [0.4, 0.5) is 0 Å². The molecule has 2 aromatic rings. The van der Waals surface area contributed by atoms with Gasteiger partial charge >= 0.3 is 0 Å². The third-order valence-corrected chi connectivity index (χ3v) is 7.33. The molecule has 0 amide bonds. The number of piperidine rings is 1. The van der Waals surface area contributed by atoms with Crippen molar-refractivity contribution in [2.45, 2.75) is 46.1 Å². The van der Waals surface area contributed by atoms with E-state index in [0.29, 0.717) is 5.92 Å². The molecule has 0 saturated carbocycles. The van der Waals surface area contributed by atoms with Crippen molar-refractivity contribution >= 4 is 28.2 Å². The van der Waals surface area contributed by atoms with Crippen molar-refractivity contribution in [1.29, 1.82) is 0 Å². The first-order valence-electron chi connectivity index (χ1n) is 9.25. The zero-order valence-corrected chi connectivity index (χ0v) is 17.1. The molecule has 2 aromatic heterocycles. The van der Waals surface area contributed by atoms with E-state index in [1.54, 1.807) is 0 Å². The first kappa shape index (κ1) is 18.8. The van der Waals surface area contributed by atoms with E-state index in [2.05, 4.69) is 47.7 Å². The lowest BCUT2D eigenvalue weighted by Gasteiger charge is -2.33. The van der Waals surface area contributed by atoms with Crippen LogP contribution >= 0.6 is 22.7 Å². The van der Waals surface area contributed by atoms with Crippen molar-refractivity contribution < 1.29 is 5.11 Å². The Balaban J connectivity index is 1.72. The second kappa shape index (κ2) is 8.63. The average Bonchev–Trinajstić information content (AvgIpc) is 3.21. The number of hydrogen-bond acceptors (Lipinski definition) is 4. The summed E-state index contributed by atoms with van der Waals surface area (Å²) >= 11 is 3.69. The first-order valence-corrected chi connectivity index (χ1v) is 11.0. The Labute approximate surface area is 159 Å². The lowest BCUT2D eigenvalue weighted by atomic mass is 9.93. The molecule has 2 atom stereocenters. The minimum atomic E-state index is -0.184. The largest absolute Gasteiger partial charge is 0.393 e. The molecule has 3 rings (SSSR count). The van der Waals surface area contributed by atoms with Crippen molar-refractivity contribution in [2.75, 3.05) is 19.6 Å². The van der Waals surface area contributed by atoms with Gasteiger partial charge < -0.3 is 10.0 Å². The molecule has 1 fully saturated rings. The van der Waals surface area contributed by atoms with Crippen LogP contribution in [0.2, 0.25) is 0 Å². The standard InChI is InChI=1S/C21H29NOS2/c1-15-8-12-24-20(15)19(21-16(2)9-13-25-21)7-5-11-22-10-4-6-18(14-22)17(3)23/h7-9,12-13,17-18,23H,4-6,10-11,14H2,1-3H3/t17?,18-/m1/s1. The Bertz CT molecular complexity index is 671. The maximum absolute atomic E-state index is 9.88. The van der Waals surface area contributed by atoms with Crippen molar-refractivity contribution in [1.82, 2.24) is 4.90 Å². The quantitative estimate of drug-likeness (QED) is 0.736. The molecule has 1 unspecified atom stereocenters. The van der Waals surface area contributed by atoms with E-state index < -0.39 is 0 Å². The summed E-state index contributed by atoms with van der Waals surface area (Å²) in [6.07, 6.45) is 5.69. The summed E-state index contributed by atoms with van der Waals surface area (Å²) in [5.74, 6) is 0.441. The topological polar surface area (TPSA) is 23.5 Å². The molecule has 4 heteroatoms. The van der Waals surface area contributed by atoms with Crippen LogP contribution in [-0.2, 0) is 0 Å². The van der Waals surface area contributed by atoms with Gasteiger partial charge in [0.05, 0.1) is 6.10 Å². The Kier molecular flexibility index (Phi) is 6.50. The molecule has 25 heavy (non-hydrogen) atoms. The normalized spacial score (nSPS) is 19.8. The maximum Gasteiger partial charge on any atom is 0.0552 e. The van der Waals surface area contributed by atoms with E-state index >= 15 is 0 Å². The van der Waals surface area contributed by atoms with Gasteiger partial charge in [0.1, 0.15) is 0 Å². The van der Waals surface area contributed by atoms with Gasteiger partial charge in [0.15, 0.2) is 0 Å². The molecule has 1 aliphatic heterocycles. The molecule has 1 N–H and O–H groups in total. The summed E-state index contributed by atoms with van der Waals surface area (Å²) in [7, 11) is 0. The van der Waals surface area contributed by atoms with Gasteiger partial charge in [0.25, 0.3) is 0 Å². The number of nitrogens with zero attached hydrogens (tertiary/aromatic N) is 1. The lowest BCUT2D eigenvalue weighted by Crippen LogP contribution is -2.39. The van der Waals surface area contributed by atoms with Crippen molar-refractivity contribution in [3.8, 4) is 0 Å². The number of likely N-dealkylation sites (tertiary alicyclic amines) is 1. The van der Waals surface area contributed by atoms with E-state index in [9.17, 15) is 5.11 Å². The summed E-state index contributed by atoms with van der Waals surface area (Å²) in [6.45, 7) is 9.65. The average molecular weight is 376 g/mol. The fraction of sp³-hybridized carbons (Fsp3) is 0.524. The van der Waals surface area contributed by atoms with Gasteiger partial charge in [0, 0.05) is 28.4 Å². The van der Waals surface area contributed by atoms with Crippen LogP contribution in [0.1, 0.15) is 47.1 Å². The summed E-state index contributed by atoms with van der Waals surface area (Å²) < 4.78 is 0. The molecule has 0 bridgehead atoms. The molecule has 0 radical (unpaired) electrons. The van der Waals surface area contributed by atoms with Gasteiger partial charge in [-0.2, -0.15) is 0 Å². The van der Waals surface area contributed by atoms with Gasteiger partial charge in [-0.1, -0.05) is 6.08 Å². The van der Waals surface area contributed by atoms with Gasteiger partial charge in [0.2, 0.25) is 0 Å². The summed E-state index contributed by atoms with van der Waals surface area (Å²) in [5, 5.41) is 14.3. The summed E-state index contributed by atoms with van der Waals surface area (Å²) in [6, 6.07) is 4.43. The number of thiophene rings is 2. The van der Waals surface area contributed by atoms with E-state index in [0.717, 1.165) is 25.9 Å². The van der Waals surface area contributed by atoms with E-state index in [4.69, 9.17) is 0 Å².